The van der Waals surface area contributed by atoms with Gasteiger partial charge in [0, 0.05) is 18.3 Å². The monoisotopic (exact) mass is 290 g/mol. The molecule has 0 unspecified atom stereocenters. The normalized spacial score (nSPS) is 23.7. The first kappa shape index (κ1) is 13.6. The first-order valence-corrected chi connectivity index (χ1v) is 6.65. The van der Waals surface area contributed by atoms with Gasteiger partial charge in [-0.05, 0) is 12.8 Å². The number of hydrogen-bond donors (Lipinski definition) is 1. The van der Waals surface area contributed by atoms with Crippen LogP contribution in [0.3, 0.4) is 0 Å². The van der Waals surface area contributed by atoms with Crippen LogP contribution >= 0.6 is 23.2 Å². The number of pyridine rings is 1. The molecule has 1 aliphatic carbocycles. The Bertz CT molecular complexity index is 456. The van der Waals surface area contributed by atoms with Crippen LogP contribution in [-0.4, -0.2) is 22.3 Å². The first-order valence-electron chi connectivity index (χ1n) is 5.84. The third kappa shape index (κ3) is 3.12. The number of alkyl halides is 1. The van der Waals surface area contributed by atoms with Crippen LogP contribution in [0.5, 0.6) is 0 Å². The van der Waals surface area contributed by atoms with Crippen molar-refractivity contribution >= 4 is 29.1 Å². The van der Waals surface area contributed by atoms with E-state index in [-0.39, 0.29) is 22.0 Å². The van der Waals surface area contributed by atoms with Crippen LogP contribution in [0.4, 0.5) is 4.39 Å². The quantitative estimate of drug-likeness (QED) is 0.672. The molecule has 1 saturated carbocycles. The van der Waals surface area contributed by atoms with E-state index in [1.807, 2.05) is 0 Å². The van der Waals surface area contributed by atoms with Gasteiger partial charge in [-0.2, -0.15) is 4.39 Å². The van der Waals surface area contributed by atoms with Gasteiger partial charge in [-0.3, -0.25) is 4.79 Å². The Morgan fingerprint density at radius 3 is 2.89 bits per heavy atom. The van der Waals surface area contributed by atoms with Crippen molar-refractivity contribution in [2.75, 3.05) is 0 Å². The van der Waals surface area contributed by atoms with E-state index in [2.05, 4.69) is 10.3 Å². The number of hydrogen-bond acceptors (Lipinski definition) is 2. The summed E-state index contributed by atoms with van der Waals surface area (Å²) in [6, 6.07) is 0.948. The van der Waals surface area contributed by atoms with Crippen LogP contribution in [0.25, 0.3) is 0 Å². The molecule has 0 saturated heterocycles. The molecule has 0 aliphatic heterocycles. The summed E-state index contributed by atoms with van der Waals surface area (Å²) in [5.74, 6) is -1.13. The Morgan fingerprint density at radius 1 is 1.44 bits per heavy atom. The second-order valence-corrected chi connectivity index (χ2v) is 5.34. The van der Waals surface area contributed by atoms with Gasteiger partial charge in [0.2, 0.25) is 5.95 Å². The average molecular weight is 291 g/mol. The molecular weight excluding hydrogens is 278 g/mol. The molecule has 0 aromatic carbocycles. The lowest BCUT2D eigenvalue weighted by atomic mass is 9.94. The largest absolute Gasteiger partial charge is 0.348 e. The zero-order valence-corrected chi connectivity index (χ0v) is 11.1. The lowest BCUT2D eigenvalue weighted by molar-refractivity contribution is 0.0928. The summed E-state index contributed by atoms with van der Waals surface area (Å²) in [7, 11) is 0. The molecule has 6 heteroatoms. The van der Waals surface area contributed by atoms with Crippen LogP contribution in [-0.2, 0) is 0 Å². The van der Waals surface area contributed by atoms with E-state index in [9.17, 15) is 9.18 Å². The van der Waals surface area contributed by atoms with Gasteiger partial charge in [0.15, 0.2) is 0 Å². The van der Waals surface area contributed by atoms with Crippen molar-refractivity contribution in [1.29, 1.82) is 0 Å². The second-order valence-electron chi connectivity index (χ2n) is 4.37. The predicted molar refractivity (Wildman–Crippen MR) is 68.6 cm³/mol. The van der Waals surface area contributed by atoms with Gasteiger partial charge < -0.3 is 5.32 Å². The summed E-state index contributed by atoms with van der Waals surface area (Å²) in [5, 5.41) is 2.86. The topological polar surface area (TPSA) is 42.0 Å². The first-order chi connectivity index (χ1) is 8.58. The molecule has 1 N–H and O–H groups in total. The van der Waals surface area contributed by atoms with E-state index in [4.69, 9.17) is 23.2 Å². The van der Waals surface area contributed by atoms with Crippen molar-refractivity contribution in [1.82, 2.24) is 10.3 Å². The zero-order chi connectivity index (χ0) is 13.1. The Balaban J connectivity index is 2.09. The van der Waals surface area contributed by atoms with E-state index < -0.39 is 11.9 Å². The molecule has 0 bridgehead atoms. The molecule has 1 aromatic rings. The van der Waals surface area contributed by atoms with Crippen molar-refractivity contribution in [3.8, 4) is 0 Å². The SMILES string of the molecule is O=C(N[C@@H]1CCCC[C@H]1Cl)c1cc(F)ncc1Cl. The predicted octanol–water partition coefficient (Wildman–Crippen LogP) is 3.15. The lowest BCUT2D eigenvalue weighted by Gasteiger charge is -2.27. The van der Waals surface area contributed by atoms with Gasteiger partial charge in [0.1, 0.15) is 0 Å². The summed E-state index contributed by atoms with van der Waals surface area (Å²) in [6.07, 6.45) is 4.96. The third-order valence-electron chi connectivity index (χ3n) is 3.06. The average Bonchev–Trinajstić information content (AvgIpc) is 2.35. The Hall–Kier alpha value is -0.870. The Labute approximate surface area is 115 Å². The van der Waals surface area contributed by atoms with Crippen LogP contribution in [0.1, 0.15) is 36.0 Å². The molecule has 1 fully saturated rings. The van der Waals surface area contributed by atoms with Gasteiger partial charge in [-0.15, -0.1) is 11.6 Å². The molecule has 1 aromatic heterocycles. The molecule has 18 heavy (non-hydrogen) atoms. The maximum absolute atomic E-state index is 13.0. The van der Waals surface area contributed by atoms with Crippen molar-refractivity contribution in [2.45, 2.75) is 37.1 Å². The third-order valence-corrected chi connectivity index (χ3v) is 3.89. The number of amides is 1. The fraction of sp³-hybridized carbons (Fsp3) is 0.500. The number of halogens is 3. The van der Waals surface area contributed by atoms with Gasteiger partial charge in [0.25, 0.3) is 5.91 Å². The smallest absolute Gasteiger partial charge is 0.253 e. The van der Waals surface area contributed by atoms with E-state index in [1.54, 1.807) is 0 Å². The van der Waals surface area contributed by atoms with Crippen molar-refractivity contribution in [3.63, 3.8) is 0 Å². The molecule has 0 spiro atoms. The number of aromatic nitrogens is 1. The summed E-state index contributed by atoms with van der Waals surface area (Å²) in [5.41, 5.74) is 0.0959. The molecule has 1 amide bonds. The highest BCUT2D eigenvalue weighted by Gasteiger charge is 2.25. The van der Waals surface area contributed by atoms with Crippen LogP contribution in [0, 0.1) is 5.95 Å². The number of nitrogens with zero attached hydrogens (tertiary/aromatic N) is 1. The maximum Gasteiger partial charge on any atom is 0.253 e. The highest BCUT2D eigenvalue weighted by molar-refractivity contribution is 6.33. The molecule has 3 nitrogen and oxygen atoms in total. The highest BCUT2D eigenvalue weighted by atomic mass is 35.5. The minimum Gasteiger partial charge on any atom is -0.348 e. The second kappa shape index (κ2) is 5.85. The number of carbonyl (C=O) groups is 1. The molecule has 1 heterocycles. The standard InChI is InChI=1S/C12H13Cl2FN2O/c13-8-3-1-2-4-10(8)17-12(18)7-5-11(15)16-6-9(7)14/h5-6,8,10H,1-4H2,(H,17,18)/t8-,10-/m1/s1. The van der Waals surface area contributed by atoms with E-state index in [1.165, 1.54) is 0 Å². The molecule has 2 atom stereocenters. The van der Waals surface area contributed by atoms with Crippen LogP contribution in [0.2, 0.25) is 5.02 Å². The molecule has 2 rings (SSSR count). The van der Waals surface area contributed by atoms with E-state index in [0.29, 0.717) is 0 Å². The Morgan fingerprint density at radius 2 is 2.17 bits per heavy atom. The summed E-state index contributed by atoms with van der Waals surface area (Å²) < 4.78 is 13.0. The summed E-state index contributed by atoms with van der Waals surface area (Å²) in [4.78, 5) is 15.4. The molecular formula is C12H13Cl2FN2O. The van der Waals surface area contributed by atoms with Crippen LogP contribution in [0.15, 0.2) is 12.3 Å². The van der Waals surface area contributed by atoms with Gasteiger partial charge in [-0.1, -0.05) is 24.4 Å². The van der Waals surface area contributed by atoms with Gasteiger partial charge in [0.05, 0.1) is 16.0 Å². The molecule has 98 valence electrons. The van der Waals surface area contributed by atoms with Gasteiger partial charge >= 0.3 is 0 Å². The van der Waals surface area contributed by atoms with E-state index >= 15 is 0 Å². The molecule has 0 radical (unpaired) electrons. The van der Waals surface area contributed by atoms with Crippen molar-refractivity contribution in [3.05, 3.63) is 28.8 Å². The summed E-state index contributed by atoms with van der Waals surface area (Å²) in [6.45, 7) is 0. The maximum atomic E-state index is 13.0. The van der Waals surface area contributed by atoms with Gasteiger partial charge in [-0.25, -0.2) is 4.98 Å². The van der Waals surface area contributed by atoms with E-state index in [0.717, 1.165) is 37.9 Å². The minimum atomic E-state index is -0.726. The molecule has 1 aliphatic rings. The van der Waals surface area contributed by atoms with Crippen molar-refractivity contribution < 1.29 is 9.18 Å². The number of carbonyl (C=O) groups excluding carboxylic acids is 1. The van der Waals surface area contributed by atoms with Crippen molar-refractivity contribution in [2.24, 2.45) is 0 Å². The minimum absolute atomic E-state index is 0.0758. The number of nitrogens with one attached hydrogen (secondary N) is 1. The summed E-state index contributed by atoms with van der Waals surface area (Å²) >= 11 is 12.0. The van der Waals surface area contributed by atoms with Crippen LogP contribution < -0.4 is 5.32 Å². The fourth-order valence-electron chi connectivity index (χ4n) is 2.08. The Kier molecular flexibility index (Phi) is 4.40. The zero-order valence-electron chi connectivity index (χ0n) is 9.63. The number of rotatable bonds is 2. The fourth-order valence-corrected chi connectivity index (χ4v) is 2.61. The highest BCUT2D eigenvalue weighted by Crippen LogP contribution is 2.24. The lowest BCUT2D eigenvalue weighted by Crippen LogP contribution is -2.42.